The first-order valence-corrected chi connectivity index (χ1v) is 15.5. The van der Waals surface area contributed by atoms with Crippen molar-refractivity contribution >= 4 is 41.1 Å². The molecule has 0 unspecified atom stereocenters. The number of nitrogens with one attached hydrogen (secondary N) is 1. The Balaban J connectivity index is 1.25. The highest BCUT2D eigenvalue weighted by Crippen LogP contribution is 2.44. The smallest absolute Gasteiger partial charge is 0.407 e. The van der Waals surface area contributed by atoms with Crippen LogP contribution in [0.4, 0.5) is 16.4 Å². The van der Waals surface area contributed by atoms with Gasteiger partial charge in [0.15, 0.2) is 5.82 Å². The third kappa shape index (κ3) is 6.49. The Morgan fingerprint density at radius 3 is 2.60 bits per heavy atom. The largest absolute Gasteiger partial charge is 0.444 e. The average Bonchev–Trinajstić information content (AvgIpc) is 3.24. The van der Waals surface area contributed by atoms with Crippen molar-refractivity contribution in [2.75, 3.05) is 49.2 Å². The molecule has 43 heavy (non-hydrogen) atoms. The van der Waals surface area contributed by atoms with Crippen molar-refractivity contribution in [2.24, 2.45) is 10.8 Å². The number of carbonyl (C=O) groups excluding carboxylic acids is 1. The minimum atomic E-state index is -0.794. The number of aromatic nitrogens is 3. The van der Waals surface area contributed by atoms with Crippen molar-refractivity contribution < 1.29 is 24.5 Å². The predicted molar refractivity (Wildman–Crippen MR) is 161 cm³/mol. The third-order valence-electron chi connectivity index (χ3n) is 8.32. The summed E-state index contributed by atoms with van der Waals surface area (Å²) in [6.45, 7) is 9.61. The Kier molecular flexibility index (Phi) is 8.98. The van der Waals surface area contributed by atoms with Crippen LogP contribution in [0.2, 0.25) is 5.02 Å². The van der Waals surface area contributed by atoms with Gasteiger partial charge in [-0.2, -0.15) is 5.26 Å². The fourth-order valence-electron chi connectivity index (χ4n) is 6.00. The number of hydrogen-bond donors (Lipinski definition) is 3. The molecule has 3 N–H and O–H groups in total. The molecule has 3 aliphatic heterocycles. The molecule has 0 aromatic carbocycles. The van der Waals surface area contributed by atoms with Crippen LogP contribution < -0.4 is 15.1 Å². The van der Waals surface area contributed by atoms with Crippen molar-refractivity contribution in [1.29, 1.82) is 5.26 Å². The van der Waals surface area contributed by atoms with Crippen LogP contribution in [0.1, 0.15) is 46.2 Å². The number of alkyl carbamates (subject to hydrolysis) is 1. The van der Waals surface area contributed by atoms with Gasteiger partial charge >= 0.3 is 6.09 Å². The molecule has 2 aromatic rings. The summed E-state index contributed by atoms with van der Waals surface area (Å²) in [6.07, 6.45) is 4.29. The number of nitriles is 1. The number of aliphatic hydroxyl groups excluding tert-OH is 2. The maximum atomic E-state index is 12.6. The van der Waals surface area contributed by atoms with Gasteiger partial charge < -0.3 is 34.8 Å². The van der Waals surface area contributed by atoms with E-state index >= 15 is 0 Å². The fraction of sp³-hybridized carbons (Fsp3) is 0.621. The van der Waals surface area contributed by atoms with Gasteiger partial charge in [0.2, 0.25) is 0 Å². The van der Waals surface area contributed by atoms with Crippen LogP contribution in [-0.2, 0) is 16.1 Å². The summed E-state index contributed by atoms with van der Waals surface area (Å²) in [5.74, 6) is 1.18. The molecule has 2 aromatic heterocycles. The Morgan fingerprint density at radius 2 is 1.98 bits per heavy atom. The van der Waals surface area contributed by atoms with Crippen LogP contribution in [0.25, 0.3) is 0 Å². The van der Waals surface area contributed by atoms with Crippen molar-refractivity contribution in [3.05, 3.63) is 29.2 Å². The van der Waals surface area contributed by atoms with Gasteiger partial charge in [-0.25, -0.2) is 19.7 Å². The van der Waals surface area contributed by atoms with Gasteiger partial charge in [-0.1, -0.05) is 23.4 Å². The first-order valence-electron chi connectivity index (χ1n) is 14.3. The summed E-state index contributed by atoms with van der Waals surface area (Å²) >= 11 is 8.01. The first-order chi connectivity index (χ1) is 20.4. The molecule has 0 aliphatic carbocycles. The first kappa shape index (κ1) is 31.5. The number of pyridine rings is 1. The lowest BCUT2D eigenvalue weighted by Gasteiger charge is -2.45. The number of hydrogen-bond acceptors (Lipinski definition) is 12. The van der Waals surface area contributed by atoms with E-state index in [-0.39, 0.29) is 30.8 Å². The fourth-order valence-corrected chi connectivity index (χ4v) is 7.14. The van der Waals surface area contributed by atoms with Gasteiger partial charge in [-0.15, -0.1) is 0 Å². The number of ether oxygens (including phenoxy) is 2. The zero-order chi connectivity index (χ0) is 31.0. The lowest BCUT2D eigenvalue weighted by Crippen LogP contribution is -2.58. The molecule has 14 heteroatoms. The van der Waals surface area contributed by atoms with Crippen LogP contribution in [0.15, 0.2) is 28.4 Å². The monoisotopic (exact) mass is 631 g/mol. The summed E-state index contributed by atoms with van der Waals surface area (Å²) < 4.78 is 11.5. The van der Waals surface area contributed by atoms with Gasteiger partial charge in [-0.05, 0) is 46.6 Å². The number of carbonyl (C=O) groups is 1. The molecular formula is C29H38ClN7O5S. The lowest BCUT2D eigenvalue weighted by molar-refractivity contribution is 0.0434. The van der Waals surface area contributed by atoms with Crippen molar-refractivity contribution in [2.45, 2.75) is 74.8 Å². The number of nitrogens with zero attached hydrogens (tertiary/aromatic N) is 6. The summed E-state index contributed by atoms with van der Waals surface area (Å²) in [4.78, 5) is 31.1. The van der Waals surface area contributed by atoms with E-state index in [9.17, 15) is 20.3 Å². The SMILES string of the molecule is C[C@@H]1OCC2(CCN(c3ncc(Sc4ccnc(N5CC(C#N)(CO)C5)c4Cl)nc3CO)CC2)[C@@H]1NC(=O)OC(C)(C)C. The van der Waals surface area contributed by atoms with Crippen molar-refractivity contribution in [3.63, 3.8) is 0 Å². The quantitative estimate of drug-likeness (QED) is 0.410. The van der Waals surface area contributed by atoms with E-state index in [4.69, 9.17) is 31.0 Å². The molecule has 5 heterocycles. The van der Waals surface area contributed by atoms with Gasteiger partial charge in [0.1, 0.15) is 27.6 Å². The summed E-state index contributed by atoms with van der Waals surface area (Å²) in [5, 5.41) is 33.2. The second-order valence-corrected chi connectivity index (χ2v) is 14.0. The molecule has 1 spiro atoms. The molecule has 3 saturated heterocycles. The minimum absolute atomic E-state index is 0.131. The number of anilines is 2. The number of piperidine rings is 1. The molecule has 3 fully saturated rings. The summed E-state index contributed by atoms with van der Waals surface area (Å²) in [5.41, 5.74) is -1.13. The molecular weight excluding hydrogens is 594 g/mol. The molecule has 0 radical (unpaired) electrons. The minimum Gasteiger partial charge on any atom is -0.444 e. The summed E-state index contributed by atoms with van der Waals surface area (Å²) in [6, 6.07) is 3.79. The van der Waals surface area contributed by atoms with E-state index in [2.05, 4.69) is 21.3 Å². The van der Waals surface area contributed by atoms with Crippen molar-refractivity contribution in [3.8, 4) is 6.07 Å². The van der Waals surface area contributed by atoms with Gasteiger partial charge in [0, 0.05) is 42.7 Å². The second-order valence-electron chi connectivity index (χ2n) is 12.6. The normalized spacial score (nSPS) is 22.7. The highest BCUT2D eigenvalue weighted by atomic mass is 35.5. The molecule has 3 aliphatic rings. The van der Waals surface area contributed by atoms with Gasteiger partial charge in [-0.3, -0.25) is 0 Å². The summed E-state index contributed by atoms with van der Waals surface area (Å²) in [7, 11) is 0. The van der Waals surface area contributed by atoms with Crippen molar-refractivity contribution in [1.82, 2.24) is 20.3 Å². The Morgan fingerprint density at radius 1 is 1.26 bits per heavy atom. The van der Waals surface area contributed by atoms with Crippen LogP contribution in [0.3, 0.4) is 0 Å². The standard InChI is InChI=1S/C29H38ClN7O5S/c1-18-23(35-26(40)42-27(2,3)4)29(17-41-18)6-9-36(10-7-29)24-19(12-38)34-21(11-33-24)43-20-5-8-32-25(22(20)30)37-14-28(13-31,15-37)16-39/h5,8,11,18,23,38-39H,6-7,9-10,12,14-17H2,1-4H3,(H,35,40)/t18-,23+/m0/s1. The van der Waals surface area contributed by atoms with Crippen LogP contribution >= 0.6 is 23.4 Å². The van der Waals surface area contributed by atoms with E-state index < -0.39 is 17.1 Å². The van der Waals surface area contributed by atoms with E-state index in [1.807, 2.05) is 32.6 Å². The Hall–Kier alpha value is -2.89. The topological polar surface area (TPSA) is 157 Å². The molecule has 1 amide bonds. The van der Waals surface area contributed by atoms with Crippen LogP contribution in [0, 0.1) is 22.2 Å². The Labute approximate surface area is 260 Å². The predicted octanol–water partition coefficient (Wildman–Crippen LogP) is 3.39. The maximum Gasteiger partial charge on any atom is 0.407 e. The molecule has 232 valence electrons. The zero-order valence-corrected chi connectivity index (χ0v) is 26.4. The van der Waals surface area contributed by atoms with E-state index in [1.54, 1.807) is 18.5 Å². The van der Waals surface area contributed by atoms with Crippen LogP contribution in [0.5, 0.6) is 0 Å². The highest BCUT2D eigenvalue weighted by Gasteiger charge is 2.51. The number of aliphatic hydroxyl groups is 2. The van der Waals surface area contributed by atoms with E-state index in [1.165, 1.54) is 11.8 Å². The number of halogens is 1. The number of rotatable bonds is 7. The highest BCUT2D eigenvalue weighted by molar-refractivity contribution is 7.99. The average molecular weight is 632 g/mol. The third-order valence-corrected chi connectivity index (χ3v) is 9.77. The second kappa shape index (κ2) is 12.2. The molecule has 12 nitrogen and oxygen atoms in total. The zero-order valence-electron chi connectivity index (χ0n) is 24.8. The molecule has 0 saturated carbocycles. The van der Waals surface area contributed by atoms with Crippen LogP contribution in [-0.4, -0.2) is 88.4 Å². The van der Waals surface area contributed by atoms with Gasteiger partial charge in [0.25, 0.3) is 0 Å². The van der Waals surface area contributed by atoms with Gasteiger partial charge in [0.05, 0.1) is 49.3 Å². The van der Waals surface area contributed by atoms with E-state index in [0.717, 1.165) is 17.7 Å². The molecule has 2 atom stereocenters. The lowest BCUT2D eigenvalue weighted by atomic mass is 9.73. The number of amides is 1. The Bertz CT molecular complexity index is 1390. The maximum absolute atomic E-state index is 12.6. The van der Waals surface area contributed by atoms with E-state index in [0.29, 0.717) is 60.2 Å². The molecule has 0 bridgehead atoms. The molecule has 5 rings (SSSR count).